The Morgan fingerprint density at radius 1 is 1.16 bits per heavy atom. The van der Waals surface area contributed by atoms with Crippen LogP contribution < -0.4 is 10.0 Å². The molecule has 1 unspecified atom stereocenters. The second-order valence-electron chi connectivity index (χ2n) is 7.84. The van der Waals surface area contributed by atoms with Gasteiger partial charge in [0.05, 0.1) is 15.3 Å². The summed E-state index contributed by atoms with van der Waals surface area (Å²) in [6.45, 7) is 4.09. The third-order valence-corrected chi connectivity index (χ3v) is 7.50. The molecule has 9 heteroatoms. The minimum Gasteiger partial charge on any atom is -0.382 e. The maximum Gasteiger partial charge on any atom is 0.240 e. The van der Waals surface area contributed by atoms with E-state index in [0.717, 1.165) is 20.9 Å². The molecule has 2 aromatic heterocycles. The largest absolute Gasteiger partial charge is 0.382 e. The molecule has 3 N–H and O–H groups in total. The normalized spacial score (nSPS) is 15.2. The number of aliphatic hydroxyl groups is 1. The van der Waals surface area contributed by atoms with Crippen LogP contribution in [0.5, 0.6) is 0 Å². The molecule has 0 saturated carbocycles. The number of fused-ring (bicyclic) bond motifs is 2. The van der Waals surface area contributed by atoms with Crippen LogP contribution >= 0.6 is 11.5 Å². The molecule has 0 aliphatic heterocycles. The highest BCUT2D eigenvalue weighted by Gasteiger charge is 2.28. The van der Waals surface area contributed by atoms with Gasteiger partial charge in [-0.2, -0.15) is 4.37 Å². The number of sulfonamides is 1. The van der Waals surface area contributed by atoms with Crippen molar-refractivity contribution in [3.05, 3.63) is 66.6 Å². The number of rotatable bonds is 8. The summed E-state index contributed by atoms with van der Waals surface area (Å²) in [6, 6.07) is 14.1. The summed E-state index contributed by atoms with van der Waals surface area (Å²) < 4.78 is 33.7. The maximum atomic E-state index is 12.8. The van der Waals surface area contributed by atoms with Crippen molar-refractivity contribution in [2.24, 2.45) is 0 Å². The van der Waals surface area contributed by atoms with E-state index >= 15 is 0 Å². The second-order valence-corrected chi connectivity index (χ2v) is 10.4. The molecule has 31 heavy (non-hydrogen) atoms. The van der Waals surface area contributed by atoms with E-state index in [1.165, 1.54) is 11.5 Å². The molecule has 0 fully saturated rings. The topological polar surface area (TPSA) is 104 Å². The number of pyridine rings is 1. The highest BCUT2D eigenvalue weighted by atomic mass is 32.2. The Labute approximate surface area is 185 Å². The predicted molar refractivity (Wildman–Crippen MR) is 124 cm³/mol. The molecule has 0 amide bonds. The van der Waals surface area contributed by atoms with Crippen LogP contribution in [-0.2, 0) is 15.6 Å². The number of hydrogen-bond donors (Lipinski definition) is 3. The molecule has 2 aromatic carbocycles. The van der Waals surface area contributed by atoms with Crippen molar-refractivity contribution >= 4 is 42.4 Å². The van der Waals surface area contributed by atoms with Crippen LogP contribution in [0.3, 0.4) is 0 Å². The highest BCUT2D eigenvalue weighted by molar-refractivity contribution is 7.89. The zero-order chi connectivity index (χ0) is 22.1. The monoisotopic (exact) mass is 456 g/mol. The van der Waals surface area contributed by atoms with Crippen LogP contribution in [-0.4, -0.2) is 42.0 Å². The van der Waals surface area contributed by atoms with Gasteiger partial charge in [-0.05, 0) is 55.0 Å². The number of nitrogens with zero attached hydrogens (tertiary/aromatic N) is 2. The van der Waals surface area contributed by atoms with E-state index in [1.54, 1.807) is 50.5 Å². The molecule has 7 nitrogen and oxygen atoms in total. The van der Waals surface area contributed by atoms with Crippen molar-refractivity contribution in [1.29, 1.82) is 0 Å². The lowest BCUT2D eigenvalue weighted by Crippen LogP contribution is -2.44. The van der Waals surface area contributed by atoms with E-state index in [9.17, 15) is 13.5 Å². The smallest absolute Gasteiger partial charge is 0.240 e. The van der Waals surface area contributed by atoms with Crippen LogP contribution in [0.1, 0.15) is 19.5 Å². The van der Waals surface area contributed by atoms with Gasteiger partial charge in [0.1, 0.15) is 5.60 Å². The first-order valence-electron chi connectivity index (χ1n) is 9.90. The lowest BCUT2D eigenvalue weighted by Gasteiger charge is -2.24. The van der Waals surface area contributed by atoms with Gasteiger partial charge in [-0.1, -0.05) is 24.3 Å². The third kappa shape index (κ3) is 4.76. The fourth-order valence-corrected chi connectivity index (χ4v) is 5.66. The Hall–Kier alpha value is -2.43. The Morgan fingerprint density at radius 2 is 1.97 bits per heavy atom. The first-order valence-corrected chi connectivity index (χ1v) is 12.2. The molecule has 0 saturated heterocycles. The van der Waals surface area contributed by atoms with Gasteiger partial charge in [-0.25, -0.2) is 13.1 Å². The average molecular weight is 457 g/mol. The van der Waals surface area contributed by atoms with Gasteiger partial charge in [0.25, 0.3) is 0 Å². The van der Waals surface area contributed by atoms with E-state index in [2.05, 4.69) is 19.4 Å². The second kappa shape index (κ2) is 8.60. The van der Waals surface area contributed by atoms with Crippen molar-refractivity contribution in [2.45, 2.75) is 30.4 Å². The molecule has 162 valence electrons. The van der Waals surface area contributed by atoms with Crippen molar-refractivity contribution < 1.29 is 13.5 Å². The fourth-order valence-electron chi connectivity index (χ4n) is 3.49. The Morgan fingerprint density at radius 3 is 2.81 bits per heavy atom. The van der Waals surface area contributed by atoms with E-state index < -0.39 is 15.6 Å². The number of benzene rings is 2. The molecule has 0 aliphatic rings. The first kappa shape index (κ1) is 21.8. The van der Waals surface area contributed by atoms with E-state index in [1.807, 2.05) is 24.3 Å². The minimum atomic E-state index is -3.67. The zero-order valence-electron chi connectivity index (χ0n) is 17.2. The number of aromatic nitrogens is 2. The summed E-state index contributed by atoms with van der Waals surface area (Å²) in [5, 5.41) is 16.7. The number of nitrogens with one attached hydrogen (secondary N) is 2. The van der Waals surface area contributed by atoms with Gasteiger partial charge in [0, 0.05) is 42.3 Å². The van der Waals surface area contributed by atoms with Crippen LogP contribution in [0.15, 0.2) is 65.8 Å². The quantitative estimate of drug-likeness (QED) is 0.377. The molecule has 0 radical (unpaired) electrons. The molecule has 4 rings (SSSR count). The lowest BCUT2D eigenvalue weighted by atomic mass is 9.99. The first-order chi connectivity index (χ1) is 14.8. The Kier molecular flexibility index (Phi) is 6.05. The van der Waals surface area contributed by atoms with Crippen LogP contribution in [0.2, 0.25) is 0 Å². The van der Waals surface area contributed by atoms with Crippen molar-refractivity contribution in [3.63, 3.8) is 0 Å². The molecular formula is C22H24N4O3S2. The summed E-state index contributed by atoms with van der Waals surface area (Å²) in [6.07, 6.45) is 3.33. The van der Waals surface area contributed by atoms with Gasteiger partial charge in [0.15, 0.2) is 0 Å². The molecule has 4 aromatic rings. The molecular weight excluding hydrogens is 432 g/mol. The van der Waals surface area contributed by atoms with Gasteiger partial charge in [0.2, 0.25) is 10.0 Å². The minimum absolute atomic E-state index is 0.207. The summed E-state index contributed by atoms with van der Waals surface area (Å²) in [7, 11) is -3.67. The standard InChI is InChI=1S/C22H24N4O3S2/c1-15(26-31(28,29)18-8-7-17-13-23-10-9-16(17)11-18)12-24-14-22(2,27)21-19-5-3-4-6-20(19)30-25-21/h3-11,13,15,24,26-27H,12,14H2,1-2H3/t15-,22?/m1/s1. The Bertz CT molecular complexity index is 1320. The summed E-state index contributed by atoms with van der Waals surface area (Å²) >= 11 is 1.35. The van der Waals surface area contributed by atoms with Crippen molar-refractivity contribution in [2.75, 3.05) is 13.1 Å². The number of hydrogen-bond acceptors (Lipinski definition) is 7. The zero-order valence-corrected chi connectivity index (χ0v) is 18.9. The van der Waals surface area contributed by atoms with E-state index in [4.69, 9.17) is 0 Å². The Balaban J connectivity index is 1.38. The maximum absolute atomic E-state index is 12.8. The van der Waals surface area contributed by atoms with Crippen molar-refractivity contribution in [1.82, 2.24) is 19.4 Å². The van der Waals surface area contributed by atoms with Gasteiger partial charge < -0.3 is 10.4 Å². The summed E-state index contributed by atoms with van der Waals surface area (Å²) in [4.78, 5) is 4.25. The third-order valence-electron chi connectivity index (χ3n) is 5.09. The molecule has 0 bridgehead atoms. The van der Waals surface area contributed by atoms with Gasteiger partial charge in [-0.15, -0.1) is 0 Å². The molecule has 0 aliphatic carbocycles. The average Bonchev–Trinajstić information content (AvgIpc) is 3.18. The molecule has 2 heterocycles. The molecule has 2 atom stereocenters. The highest BCUT2D eigenvalue weighted by Crippen LogP contribution is 2.30. The van der Waals surface area contributed by atoms with Crippen LogP contribution in [0, 0.1) is 0 Å². The predicted octanol–water partition coefficient (Wildman–Crippen LogP) is 3.01. The summed E-state index contributed by atoms with van der Waals surface area (Å²) in [5.41, 5.74) is -0.551. The van der Waals surface area contributed by atoms with E-state index in [-0.39, 0.29) is 17.5 Å². The van der Waals surface area contributed by atoms with Crippen molar-refractivity contribution in [3.8, 4) is 0 Å². The van der Waals surface area contributed by atoms with Gasteiger partial charge >= 0.3 is 0 Å². The van der Waals surface area contributed by atoms with Crippen LogP contribution in [0.25, 0.3) is 20.9 Å². The fraction of sp³-hybridized carbons (Fsp3) is 0.273. The summed E-state index contributed by atoms with van der Waals surface area (Å²) in [5.74, 6) is 0. The van der Waals surface area contributed by atoms with E-state index in [0.29, 0.717) is 12.2 Å². The lowest BCUT2D eigenvalue weighted by molar-refractivity contribution is 0.0548. The SMILES string of the molecule is C[C@H](CNCC(C)(O)c1nsc2ccccc12)NS(=O)(=O)c1ccc2cnccc2c1. The van der Waals surface area contributed by atoms with Crippen LogP contribution in [0.4, 0.5) is 0 Å². The van der Waals surface area contributed by atoms with Gasteiger partial charge in [-0.3, -0.25) is 4.98 Å². The molecule has 0 spiro atoms.